The second kappa shape index (κ2) is 70.5. The fourth-order valence-electron chi connectivity index (χ4n) is 11.0. The van der Waals surface area contributed by atoms with E-state index in [-0.39, 0.29) is 0 Å². The summed E-state index contributed by atoms with van der Waals surface area (Å²) >= 11 is 0. The Labute approximate surface area is 752 Å². The second-order valence-electron chi connectivity index (χ2n) is 26.2. The molecule has 0 N–H and O–H groups in total. The largest absolute Gasteiger partial charge is 0.444 e. The molecule has 0 aliphatic rings. The summed E-state index contributed by atoms with van der Waals surface area (Å²) in [5.41, 5.74) is 0. The molecule has 0 spiro atoms. The van der Waals surface area contributed by atoms with Gasteiger partial charge in [-0.1, -0.05) is 6.55 Å². The lowest BCUT2D eigenvalue weighted by Crippen LogP contribution is -2.44. The predicted molar refractivity (Wildman–Crippen MR) is 539 cm³/mol. The fourth-order valence-corrected chi connectivity index (χ4v) is 119. The minimum absolute atomic E-state index is 0.479. The van der Waals surface area contributed by atoms with Gasteiger partial charge in [-0.2, -0.15) is 0 Å². The molecule has 0 saturated heterocycles. The van der Waals surface area contributed by atoms with E-state index in [1.165, 1.54) is 0 Å². The van der Waals surface area contributed by atoms with Crippen molar-refractivity contribution in [2.24, 2.45) is 0 Å². The van der Waals surface area contributed by atoms with Gasteiger partial charge in [0.2, 0.25) is 9.76 Å². The summed E-state index contributed by atoms with van der Waals surface area (Å²) in [5, 5.41) is 0. The average Bonchev–Trinajstić information content (AvgIpc) is 0.928. The minimum Gasteiger partial charge on any atom is -0.444 e. The number of hydrogen-bond donors (Lipinski definition) is 0. The summed E-state index contributed by atoms with van der Waals surface area (Å²) in [5.74, 6) is 0. The summed E-state index contributed by atoms with van der Waals surface area (Å²) in [6.07, 6.45) is 0. The number of hydrogen-bond acceptors (Lipinski definition) is 38. The van der Waals surface area contributed by atoms with Gasteiger partial charge in [-0.3, -0.25) is 4.58 Å². The molecule has 36 unspecified atom stereocenters. The molecule has 0 bridgehead atoms. The standard InChI is InChI=1S/C38H154O38Si38/c1-77-39-40-79(3)42-81(5)44-83(7)46-85(9)48-87(11)50-89(13)52-91(15)54-93(17)56-95(19)58-97(21)60-99(23)62-101(25)64-103(27)66-105(29)68-107(31)70-109(33)72-111(35)74-113(37)76-114(38)75-112(36)73-110(34)71-108(32)69-106(30)67-104(28)65-102(26)63-100(24)61-98(22)59-96(20)57-94(18)55-92(16)53-90(14)51-88(12)49-86(10)47-84(8)45-82(6)43-80(4)41-78-2/h79-114H,77-78H2,1-38H3. The molecule has 0 heterocycles. The predicted octanol–water partition coefficient (Wildman–Crippen LogP) is -5.59. The van der Waals surface area contributed by atoms with Crippen LogP contribution < -0.4 is 0 Å². The van der Waals surface area contributed by atoms with Crippen molar-refractivity contribution in [1.82, 2.24) is 0 Å². The van der Waals surface area contributed by atoms with Gasteiger partial charge in [-0.25, -0.2) is 0 Å². The van der Waals surface area contributed by atoms with E-state index in [1.807, 2.05) is 236 Å². The molecular formula is C38H154O38Si38. The zero-order chi connectivity index (χ0) is 87.1. The lowest BCUT2D eigenvalue weighted by molar-refractivity contribution is -0.117. The average molecular weight is 2290 g/mol. The molecule has 0 aromatic carbocycles. The molecule has 0 amide bonds. The van der Waals surface area contributed by atoms with E-state index >= 15 is 0 Å². The van der Waals surface area contributed by atoms with Crippen molar-refractivity contribution in [2.75, 3.05) is 0 Å². The molecule has 0 aliphatic heterocycles. The minimum atomic E-state index is -2.06. The van der Waals surface area contributed by atoms with Gasteiger partial charge in [0.25, 0.3) is 325 Å². The first-order chi connectivity index (χ1) is 53.1. The molecule has 686 valence electrons. The van der Waals surface area contributed by atoms with E-state index < -0.39 is 354 Å². The molecule has 0 radical (unpaired) electrons. The fraction of sp³-hybridized carbons (Fsp3) is 1.00. The summed E-state index contributed by atoms with van der Waals surface area (Å²) < 4.78 is 235. The molecule has 0 aromatic rings. The van der Waals surface area contributed by atoms with Crippen LogP contribution in [0, 0.1) is 0 Å². The zero-order valence-corrected chi connectivity index (χ0v) is 120. The highest BCUT2D eigenvalue weighted by Gasteiger charge is 2.34. The Kier molecular flexibility index (Phi) is 74.6. The summed E-state index contributed by atoms with van der Waals surface area (Å²) in [6.45, 7) is 76.3. The molecule has 36 atom stereocenters. The first-order valence-corrected chi connectivity index (χ1v) is 119. The first kappa shape index (κ1) is 121. The van der Waals surface area contributed by atoms with Crippen LogP contribution in [0.25, 0.3) is 0 Å². The van der Waals surface area contributed by atoms with Crippen molar-refractivity contribution >= 4 is 354 Å². The third-order valence-electron chi connectivity index (χ3n) is 14.1. The van der Waals surface area contributed by atoms with E-state index in [0.717, 1.165) is 0 Å². The molecular weight excluding hydrogens is 2130 g/mol. The van der Waals surface area contributed by atoms with Crippen LogP contribution in [0.2, 0.25) is 249 Å². The smallest absolute Gasteiger partial charge is 0.346 e. The highest BCUT2D eigenvalue weighted by molar-refractivity contribution is 6.79. The van der Waals surface area contributed by atoms with E-state index in [1.54, 1.807) is 0 Å². The van der Waals surface area contributed by atoms with Gasteiger partial charge in [0, 0.05) is 0 Å². The second-order valence-corrected chi connectivity index (χ2v) is 108. The van der Waals surface area contributed by atoms with E-state index in [0.29, 0.717) is 0 Å². The Morgan fingerprint density at radius 3 is 0.263 bits per heavy atom. The Bertz CT molecular complexity index is 2270. The first-order valence-electron chi connectivity index (χ1n) is 39.9. The molecule has 76 heteroatoms. The SMILES string of the molecule is C[SiH2]OO[SiH](C)O[SiH](C)O[SiH](C)O[SiH](C)O[SiH](C)O[SiH](C)O[SiH](C)O[SiH](C)O[SiH](C)O[SiH](C)O[SiH](C)O[SiH](C)O[SiH](C)O[SiH](C)O[SiH](C)O[SiH](C)O[SiH](C)O[SiH](C)O[SiH](C)O[SiH](C)O[SiH](C)O[SiH](C)O[SiH](C)O[SiH](C)O[SiH](C)O[SiH](C)O[SiH](C)O[SiH](C)O[SiH](C)O[SiH](C)O[SiH](C)O[SiH](C)O[SiH](C)O[SiH](C)O[SiH](C)O[SiH](C)O[SiH2]C. The lowest BCUT2D eigenvalue weighted by Gasteiger charge is -2.28. The van der Waals surface area contributed by atoms with Gasteiger partial charge in [-0.15, -0.1) is 0 Å². The maximum absolute atomic E-state index is 6.33. The summed E-state index contributed by atoms with van der Waals surface area (Å²) in [6, 6.07) is 0. The topological polar surface area (TPSA) is 351 Å². The van der Waals surface area contributed by atoms with E-state index in [9.17, 15) is 0 Å². The van der Waals surface area contributed by atoms with Gasteiger partial charge in [-0.05, 0) is 242 Å². The Morgan fingerprint density at radius 2 is 0.184 bits per heavy atom. The molecule has 38 nitrogen and oxygen atoms in total. The summed E-state index contributed by atoms with van der Waals surface area (Å²) in [7, 11) is -72.9. The quantitative estimate of drug-likeness (QED) is 0.0311. The van der Waals surface area contributed by atoms with Crippen LogP contribution in [-0.4, -0.2) is 354 Å². The van der Waals surface area contributed by atoms with Crippen LogP contribution in [-0.2, 0) is 157 Å². The lowest BCUT2D eigenvalue weighted by atomic mass is 11.9. The normalized spacial score (nSPS) is 22.5. The van der Waals surface area contributed by atoms with Crippen LogP contribution in [0.5, 0.6) is 0 Å². The van der Waals surface area contributed by atoms with Crippen molar-refractivity contribution < 1.29 is 157 Å². The van der Waals surface area contributed by atoms with Crippen molar-refractivity contribution in [3.05, 3.63) is 0 Å². The Hall–Kier alpha value is 6.72. The van der Waals surface area contributed by atoms with Crippen molar-refractivity contribution in [2.45, 2.75) is 249 Å². The monoisotopic (exact) mass is 2280 g/mol. The maximum atomic E-state index is 6.33. The van der Waals surface area contributed by atoms with Gasteiger partial charge < -0.3 is 153 Å². The van der Waals surface area contributed by atoms with Gasteiger partial charge >= 0.3 is 9.28 Å². The highest BCUT2D eigenvalue weighted by atomic mass is 28.5. The zero-order valence-electron chi connectivity index (χ0n) is 75.7. The maximum Gasteiger partial charge on any atom is 0.346 e. The Balaban J connectivity index is 4.55. The van der Waals surface area contributed by atoms with E-state index in [4.69, 9.17) is 157 Å². The van der Waals surface area contributed by atoms with Crippen LogP contribution in [0.1, 0.15) is 0 Å². The van der Waals surface area contributed by atoms with Crippen LogP contribution in [0.4, 0.5) is 0 Å². The van der Waals surface area contributed by atoms with Crippen molar-refractivity contribution in [3.8, 4) is 0 Å². The van der Waals surface area contributed by atoms with Gasteiger partial charge in [0.1, 0.15) is 9.76 Å². The number of rotatable bonds is 75. The summed E-state index contributed by atoms with van der Waals surface area (Å²) in [4.78, 5) is 0. The Morgan fingerprint density at radius 1 is 0.105 bits per heavy atom. The van der Waals surface area contributed by atoms with Crippen molar-refractivity contribution in [3.63, 3.8) is 0 Å². The van der Waals surface area contributed by atoms with Gasteiger partial charge in [0.15, 0.2) is 0 Å². The van der Waals surface area contributed by atoms with Crippen LogP contribution in [0.15, 0.2) is 0 Å². The highest BCUT2D eigenvalue weighted by Crippen LogP contribution is 2.15. The van der Waals surface area contributed by atoms with E-state index in [2.05, 4.69) is 13.1 Å². The van der Waals surface area contributed by atoms with Crippen LogP contribution >= 0.6 is 0 Å². The molecule has 114 heavy (non-hydrogen) atoms. The van der Waals surface area contributed by atoms with Gasteiger partial charge in [0.05, 0.1) is 0 Å². The van der Waals surface area contributed by atoms with Crippen LogP contribution in [0.3, 0.4) is 0 Å². The molecule has 0 fully saturated rings. The molecule has 0 aliphatic carbocycles. The third-order valence-corrected chi connectivity index (χ3v) is 126. The molecule has 0 rings (SSSR count). The van der Waals surface area contributed by atoms with Crippen molar-refractivity contribution in [1.29, 1.82) is 0 Å². The third kappa shape index (κ3) is 69.6. The molecule has 0 aromatic heterocycles. The molecule has 0 saturated carbocycles.